The van der Waals surface area contributed by atoms with E-state index < -0.39 is 11.6 Å². The molecule has 1 aromatic carbocycles. The van der Waals surface area contributed by atoms with Crippen LogP contribution in [0.5, 0.6) is 11.5 Å². The first-order chi connectivity index (χ1) is 10.2. The molecule has 0 saturated carbocycles. The van der Waals surface area contributed by atoms with E-state index in [1.54, 1.807) is 6.20 Å². The van der Waals surface area contributed by atoms with E-state index in [2.05, 4.69) is 15.1 Å². The number of aromatic nitrogens is 2. The smallest absolute Gasteiger partial charge is 0.200 e. The summed E-state index contributed by atoms with van der Waals surface area (Å²) in [7, 11) is 0. The van der Waals surface area contributed by atoms with Gasteiger partial charge in [-0.3, -0.25) is 10.00 Å². The Morgan fingerprint density at radius 3 is 2.24 bits per heavy atom. The van der Waals surface area contributed by atoms with E-state index in [0.717, 1.165) is 17.8 Å². The van der Waals surface area contributed by atoms with Crippen molar-refractivity contribution in [2.45, 2.75) is 18.8 Å². The zero-order valence-electron chi connectivity index (χ0n) is 11.1. The maximum Gasteiger partial charge on any atom is 0.200 e. The monoisotopic (exact) mass is 293 g/mol. The number of rotatable bonds is 2. The lowest BCUT2D eigenvalue weighted by Crippen LogP contribution is -2.39. The lowest BCUT2D eigenvalue weighted by Gasteiger charge is -2.28. The fraction of sp³-hybridized carbons (Fsp3) is 0.357. The summed E-state index contributed by atoms with van der Waals surface area (Å²) < 4.78 is 38.6. The van der Waals surface area contributed by atoms with Crippen LogP contribution in [0.2, 0.25) is 0 Å². The first-order valence-corrected chi connectivity index (χ1v) is 6.72. The molecule has 1 saturated heterocycles. The summed E-state index contributed by atoms with van der Waals surface area (Å²) in [6.45, 7) is 1.86. The number of nitrogens with one attached hydrogen (secondary N) is 1. The minimum Gasteiger partial charge on any atom is -0.478 e. The van der Waals surface area contributed by atoms with Gasteiger partial charge in [0, 0.05) is 31.5 Å². The van der Waals surface area contributed by atoms with Gasteiger partial charge in [0.05, 0.1) is 0 Å². The largest absolute Gasteiger partial charge is 0.478 e. The number of hydrogen-bond donors (Lipinski definition) is 1. The zero-order valence-corrected chi connectivity index (χ0v) is 11.1. The van der Waals surface area contributed by atoms with Gasteiger partial charge in [0.2, 0.25) is 11.5 Å². The molecule has 1 fully saturated rings. The summed E-state index contributed by atoms with van der Waals surface area (Å²) in [6.07, 6.45) is 1.10. The van der Waals surface area contributed by atoms with Crippen LogP contribution in [-0.4, -0.2) is 40.4 Å². The molecule has 0 aliphatic carbocycles. The van der Waals surface area contributed by atoms with Crippen LogP contribution >= 0.6 is 0 Å². The number of benzene rings is 1. The third-order valence-electron chi connectivity index (χ3n) is 3.80. The van der Waals surface area contributed by atoms with Crippen molar-refractivity contribution < 1.29 is 18.3 Å². The fourth-order valence-corrected chi connectivity index (χ4v) is 2.82. The molecule has 21 heavy (non-hydrogen) atoms. The van der Waals surface area contributed by atoms with Gasteiger partial charge in [-0.15, -0.1) is 0 Å². The molecule has 4 rings (SSSR count). The lowest BCUT2D eigenvalue weighted by atomic mass is 10.2. The van der Waals surface area contributed by atoms with Crippen molar-refractivity contribution in [2.75, 3.05) is 13.1 Å². The Labute approximate surface area is 119 Å². The van der Waals surface area contributed by atoms with Gasteiger partial charge < -0.3 is 9.47 Å². The second-order valence-corrected chi connectivity index (χ2v) is 5.28. The number of ether oxygens (including phenoxy) is 2. The van der Waals surface area contributed by atoms with Gasteiger partial charge in [-0.05, 0) is 18.2 Å². The maximum atomic E-state index is 13.7. The molecule has 2 aliphatic heterocycles. The second-order valence-electron chi connectivity index (χ2n) is 5.28. The number of fused-ring (bicyclic) bond motifs is 2. The SMILES string of the molecule is Fc1ccc(F)c2c1O[C@H]1CN(Cc3ccn[nH]3)C[C@H]1O2. The van der Waals surface area contributed by atoms with E-state index in [1.807, 2.05) is 6.07 Å². The molecule has 0 unspecified atom stereocenters. The average molecular weight is 293 g/mol. The van der Waals surface area contributed by atoms with Crippen molar-refractivity contribution in [1.29, 1.82) is 0 Å². The highest BCUT2D eigenvalue weighted by atomic mass is 19.1. The predicted octanol–water partition coefficient (Wildman–Crippen LogP) is 1.71. The van der Waals surface area contributed by atoms with Crippen LogP contribution in [0.15, 0.2) is 24.4 Å². The minimum absolute atomic E-state index is 0.125. The summed E-state index contributed by atoms with van der Waals surface area (Å²) in [6, 6.07) is 3.99. The standard InChI is InChI=1S/C14H13F2N3O2/c15-9-1-2-10(16)14-13(9)20-11-6-19(7-12(11)21-14)5-8-3-4-17-18-8/h1-4,11-12H,5-7H2,(H,17,18)/t11-,12+. The first kappa shape index (κ1) is 12.6. The van der Waals surface area contributed by atoms with E-state index in [1.165, 1.54) is 0 Å². The van der Waals surface area contributed by atoms with E-state index in [-0.39, 0.29) is 23.7 Å². The summed E-state index contributed by atoms with van der Waals surface area (Å²) in [5.74, 6) is -1.45. The Kier molecular flexibility index (Phi) is 2.81. The van der Waals surface area contributed by atoms with Gasteiger partial charge in [-0.1, -0.05) is 0 Å². The number of nitrogens with zero attached hydrogens (tertiary/aromatic N) is 2. The van der Waals surface area contributed by atoms with Crippen molar-refractivity contribution in [1.82, 2.24) is 15.1 Å². The number of H-pyrrole nitrogens is 1. The number of aromatic amines is 1. The Balaban J connectivity index is 1.54. The Morgan fingerprint density at radius 1 is 1.10 bits per heavy atom. The molecule has 2 aliphatic rings. The van der Waals surface area contributed by atoms with Crippen LogP contribution in [0.3, 0.4) is 0 Å². The average Bonchev–Trinajstić information content (AvgIpc) is 3.10. The Hall–Kier alpha value is -2.15. The molecule has 0 spiro atoms. The van der Waals surface area contributed by atoms with Crippen LogP contribution < -0.4 is 9.47 Å². The molecule has 5 nitrogen and oxygen atoms in total. The van der Waals surface area contributed by atoms with Crippen molar-refractivity contribution in [3.8, 4) is 11.5 Å². The van der Waals surface area contributed by atoms with Crippen LogP contribution in [0.25, 0.3) is 0 Å². The summed E-state index contributed by atoms with van der Waals surface area (Å²) in [5, 5.41) is 6.78. The van der Waals surface area contributed by atoms with Gasteiger partial charge >= 0.3 is 0 Å². The van der Waals surface area contributed by atoms with Crippen molar-refractivity contribution in [3.05, 3.63) is 41.7 Å². The van der Waals surface area contributed by atoms with Gasteiger partial charge in [0.1, 0.15) is 12.2 Å². The molecule has 0 amide bonds. The highest BCUT2D eigenvalue weighted by Gasteiger charge is 2.42. The molecule has 3 heterocycles. The number of halogens is 2. The van der Waals surface area contributed by atoms with Crippen molar-refractivity contribution >= 4 is 0 Å². The summed E-state index contributed by atoms with van der Waals surface area (Å²) >= 11 is 0. The van der Waals surface area contributed by atoms with Gasteiger partial charge in [-0.25, -0.2) is 8.78 Å². The molecule has 7 heteroatoms. The minimum atomic E-state index is -0.600. The van der Waals surface area contributed by atoms with Crippen LogP contribution in [0.4, 0.5) is 8.78 Å². The quantitative estimate of drug-likeness (QED) is 0.916. The molecule has 2 atom stereocenters. The van der Waals surface area contributed by atoms with Crippen LogP contribution in [-0.2, 0) is 6.54 Å². The highest BCUT2D eigenvalue weighted by Crippen LogP contribution is 2.40. The van der Waals surface area contributed by atoms with E-state index >= 15 is 0 Å². The second kappa shape index (κ2) is 4.70. The third kappa shape index (κ3) is 2.13. The molecular formula is C14H13F2N3O2. The van der Waals surface area contributed by atoms with Gasteiger partial charge in [0.25, 0.3) is 0 Å². The van der Waals surface area contributed by atoms with E-state index in [0.29, 0.717) is 19.6 Å². The molecule has 1 N–H and O–H groups in total. The topological polar surface area (TPSA) is 50.4 Å². The highest BCUT2D eigenvalue weighted by molar-refractivity contribution is 5.44. The predicted molar refractivity (Wildman–Crippen MR) is 69.1 cm³/mol. The summed E-state index contributed by atoms with van der Waals surface area (Å²) in [5.41, 5.74) is 0.975. The summed E-state index contributed by atoms with van der Waals surface area (Å²) in [4.78, 5) is 2.10. The maximum absolute atomic E-state index is 13.7. The van der Waals surface area contributed by atoms with E-state index in [9.17, 15) is 8.78 Å². The van der Waals surface area contributed by atoms with Crippen LogP contribution in [0.1, 0.15) is 5.69 Å². The number of hydrogen-bond acceptors (Lipinski definition) is 4. The Bertz CT molecular complexity index is 623. The lowest BCUT2D eigenvalue weighted by molar-refractivity contribution is 0.0467. The van der Waals surface area contributed by atoms with Gasteiger partial charge in [-0.2, -0.15) is 5.10 Å². The molecule has 110 valence electrons. The molecular weight excluding hydrogens is 280 g/mol. The molecule has 1 aromatic heterocycles. The van der Waals surface area contributed by atoms with Crippen molar-refractivity contribution in [3.63, 3.8) is 0 Å². The number of likely N-dealkylation sites (tertiary alicyclic amines) is 1. The van der Waals surface area contributed by atoms with Gasteiger partial charge in [0.15, 0.2) is 11.6 Å². The van der Waals surface area contributed by atoms with Crippen molar-refractivity contribution in [2.24, 2.45) is 0 Å². The third-order valence-corrected chi connectivity index (χ3v) is 3.80. The van der Waals surface area contributed by atoms with E-state index in [4.69, 9.17) is 9.47 Å². The fourth-order valence-electron chi connectivity index (χ4n) is 2.82. The molecule has 0 radical (unpaired) electrons. The normalized spacial score (nSPS) is 24.1. The Morgan fingerprint density at radius 2 is 1.71 bits per heavy atom. The molecule has 0 bridgehead atoms. The molecule has 2 aromatic rings. The van der Waals surface area contributed by atoms with Crippen LogP contribution in [0, 0.1) is 11.6 Å². The first-order valence-electron chi connectivity index (χ1n) is 6.72. The zero-order chi connectivity index (χ0) is 14.4.